The van der Waals surface area contributed by atoms with Gasteiger partial charge < -0.3 is 10.2 Å². The van der Waals surface area contributed by atoms with Gasteiger partial charge in [0.15, 0.2) is 0 Å². The number of rotatable bonds is 5. The number of nitrogens with zero attached hydrogens (tertiary/aromatic N) is 1. The number of aliphatic hydroxyl groups is 1. The maximum Gasteiger partial charge on any atom is 0.323 e. The minimum Gasteiger partial charge on any atom is -0.480 e. The van der Waals surface area contributed by atoms with E-state index in [1.54, 1.807) is 11.9 Å². The minimum absolute atomic E-state index is 0.503. The first-order valence-electron chi connectivity index (χ1n) is 5.17. The number of hydrogen-bond acceptors (Lipinski definition) is 3. The third-order valence-electron chi connectivity index (χ3n) is 2.46. The van der Waals surface area contributed by atoms with Gasteiger partial charge >= 0.3 is 5.97 Å². The van der Waals surface area contributed by atoms with Crippen molar-refractivity contribution in [3.8, 4) is 0 Å². The van der Waals surface area contributed by atoms with E-state index in [9.17, 15) is 9.90 Å². The minimum atomic E-state index is -1.01. The summed E-state index contributed by atoms with van der Waals surface area (Å²) in [7, 11) is 1.69. The molecule has 0 radical (unpaired) electrons. The van der Waals surface area contributed by atoms with Crippen LogP contribution < -0.4 is 0 Å². The van der Waals surface area contributed by atoms with E-state index in [0.717, 1.165) is 5.56 Å². The second kappa shape index (κ2) is 5.63. The van der Waals surface area contributed by atoms with E-state index in [4.69, 9.17) is 5.11 Å². The zero-order chi connectivity index (χ0) is 12.1. The summed E-state index contributed by atoms with van der Waals surface area (Å²) < 4.78 is 0. The summed E-state index contributed by atoms with van der Waals surface area (Å²) in [6.07, 6.45) is -0.897. The standard InChI is InChI=1S/C12H17NO3/c1-9(14)11(12(15)16)13(2)8-10-6-4-3-5-7-10/h3-7,9,11,14H,8H2,1-2H3,(H,15,16)/t9-,11+/m1/s1. The second-order valence-electron chi connectivity index (χ2n) is 3.92. The van der Waals surface area contributed by atoms with Crippen LogP contribution in [0.25, 0.3) is 0 Å². The smallest absolute Gasteiger partial charge is 0.323 e. The summed E-state index contributed by atoms with van der Waals surface area (Å²) in [5, 5.41) is 18.4. The zero-order valence-corrected chi connectivity index (χ0v) is 9.50. The lowest BCUT2D eigenvalue weighted by molar-refractivity contribution is -0.146. The first-order valence-corrected chi connectivity index (χ1v) is 5.17. The van der Waals surface area contributed by atoms with Crippen LogP contribution in [0.1, 0.15) is 12.5 Å². The van der Waals surface area contributed by atoms with Crippen molar-refractivity contribution in [2.45, 2.75) is 25.6 Å². The van der Waals surface area contributed by atoms with E-state index < -0.39 is 18.1 Å². The lowest BCUT2D eigenvalue weighted by Crippen LogP contribution is -2.45. The third-order valence-corrected chi connectivity index (χ3v) is 2.46. The molecule has 0 saturated heterocycles. The molecule has 0 aliphatic rings. The number of aliphatic hydroxyl groups excluding tert-OH is 1. The molecule has 1 aromatic carbocycles. The molecule has 4 heteroatoms. The van der Waals surface area contributed by atoms with E-state index in [1.165, 1.54) is 6.92 Å². The molecule has 0 amide bonds. The van der Waals surface area contributed by atoms with Crippen LogP contribution in [0, 0.1) is 0 Å². The SMILES string of the molecule is C[C@@H](O)[C@@H](C(=O)O)N(C)Cc1ccccc1. The number of likely N-dealkylation sites (N-methyl/N-ethyl adjacent to an activating group) is 1. The van der Waals surface area contributed by atoms with Crippen LogP contribution in [-0.2, 0) is 11.3 Å². The molecule has 1 rings (SSSR count). The Labute approximate surface area is 95.1 Å². The van der Waals surface area contributed by atoms with E-state index in [1.807, 2.05) is 30.3 Å². The molecule has 0 saturated carbocycles. The first kappa shape index (κ1) is 12.7. The van der Waals surface area contributed by atoms with Gasteiger partial charge in [-0.1, -0.05) is 30.3 Å². The van der Waals surface area contributed by atoms with Gasteiger partial charge in [-0.3, -0.25) is 9.69 Å². The monoisotopic (exact) mass is 223 g/mol. The van der Waals surface area contributed by atoms with Gasteiger partial charge in [0.25, 0.3) is 0 Å². The van der Waals surface area contributed by atoms with Gasteiger partial charge in [0, 0.05) is 6.54 Å². The topological polar surface area (TPSA) is 60.8 Å². The molecule has 16 heavy (non-hydrogen) atoms. The summed E-state index contributed by atoms with van der Waals surface area (Å²) >= 11 is 0. The van der Waals surface area contributed by atoms with Crippen LogP contribution in [0.4, 0.5) is 0 Å². The number of carboxylic acid groups (broad SMARTS) is 1. The van der Waals surface area contributed by atoms with E-state index in [2.05, 4.69) is 0 Å². The molecule has 0 heterocycles. The molecule has 2 N–H and O–H groups in total. The fourth-order valence-electron chi connectivity index (χ4n) is 1.73. The molecule has 0 aliphatic carbocycles. The van der Waals surface area contributed by atoms with Gasteiger partial charge in [-0.25, -0.2) is 0 Å². The molecule has 2 atom stereocenters. The highest BCUT2D eigenvalue weighted by Gasteiger charge is 2.27. The Bertz CT molecular complexity index is 337. The van der Waals surface area contributed by atoms with Crippen LogP contribution in [-0.4, -0.2) is 40.3 Å². The van der Waals surface area contributed by atoms with E-state index in [0.29, 0.717) is 6.54 Å². The highest BCUT2D eigenvalue weighted by molar-refractivity contribution is 5.74. The molecule has 4 nitrogen and oxygen atoms in total. The van der Waals surface area contributed by atoms with Crippen molar-refractivity contribution < 1.29 is 15.0 Å². The molecular weight excluding hydrogens is 206 g/mol. The largest absolute Gasteiger partial charge is 0.480 e. The summed E-state index contributed by atoms with van der Waals surface area (Å²) in [6, 6.07) is 8.70. The zero-order valence-electron chi connectivity index (χ0n) is 9.50. The van der Waals surface area contributed by atoms with Gasteiger partial charge in [0.05, 0.1) is 6.10 Å². The van der Waals surface area contributed by atoms with Gasteiger partial charge in [-0.2, -0.15) is 0 Å². The van der Waals surface area contributed by atoms with Crippen LogP contribution >= 0.6 is 0 Å². The normalized spacial score (nSPS) is 14.8. The highest BCUT2D eigenvalue weighted by Crippen LogP contribution is 2.09. The predicted molar refractivity (Wildman–Crippen MR) is 61.0 cm³/mol. The van der Waals surface area contributed by atoms with Crippen molar-refractivity contribution >= 4 is 5.97 Å². The van der Waals surface area contributed by atoms with Crippen LogP contribution in [0.5, 0.6) is 0 Å². The van der Waals surface area contributed by atoms with Gasteiger partial charge in [-0.05, 0) is 19.5 Å². The molecule has 0 spiro atoms. The number of carboxylic acids is 1. The quantitative estimate of drug-likeness (QED) is 0.780. The van der Waals surface area contributed by atoms with Crippen molar-refractivity contribution in [1.29, 1.82) is 0 Å². The van der Waals surface area contributed by atoms with Crippen molar-refractivity contribution in [1.82, 2.24) is 4.90 Å². The number of carbonyl (C=O) groups is 1. The average Bonchev–Trinajstić information content (AvgIpc) is 2.17. The predicted octanol–water partition coefficient (Wildman–Crippen LogP) is 0.952. The Hall–Kier alpha value is -1.39. The maximum absolute atomic E-state index is 11.0. The third kappa shape index (κ3) is 3.32. The number of aliphatic carboxylic acids is 1. The molecule has 0 unspecified atom stereocenters. The van der Waals surface area contributed by atoms with E-state index >= 15 is 0 Å². The number of hydrogen-bond donors (Lipinski definition) is 2. The van der Waals surface area contributed by atoms with Gasteiger partial charge in [-0.15, -0.1) is 0 Å². The molecule has 0 bridgehead atoms. The molecule has 88 valence electrons. The summed E-state index contributed by atoms with van der Waals surface area (Å²) in [5.74, 6) is -1.01. The summed E-state index contributed by atoms with van der Waals surface area (Å²) in [5.41, 5.74) is 1.02. The van der Waals surface area contributed by atoms with Crippen LogP contribution in [0.3, 0.4) is 0 Å². The fraction of sp³-hybridized carbons (Fsp3) is 0.417. The molecule has 0 fully saturated rings. The summed E-state index contributed by atoms with van der Waals surface area (Å²) in [4.78, 5) is 12.6. The van der Waals surface area contributed by atoms with Gasteiger partial charge in [0.2, 0.25) is 0 Å². The molecule has 0 aromatic heterocycles. The summed E-state index contributed by atoms with van der Waals surface area (Å²) in [6.45, 7) is 1.99. The van der Waals surface area contributed by atoms with Crippen molar-refractivity contribution in [2.24, 2.45) is 0 Å². The fourth-order valence-corrected chi connectivity index (χ4v) is 1.73. The maximum atomic E-state index is 11.0. The van der Waals surface area contributed by atoms with Crippen molar-refractivity contribution in [3.63, 3.8) is 0 Å². The Morgan fingerprint density at radius 2 is 1.94 bits per heavy atom. The lowest BCUT2D eigenvalue weighted by Gasteiger charge is -2.26. The first-order chi connectivity index (χ1) is 7.52. The molecular formula is C12H17NO3. The van der Waals surface area contributed by atoms with Crippen LogP contribution in [0.15, 0.2) is 30.3 Å². The average molecular weight is 223 g/mol. The van der Waals surface area contributed by atoms with Crippen LogP contribution in [0.2, 0.25) is 0 Å². The Kier molecular flexibility index (Phi) is 4.46. The lowest BCUT2D eigenvalue weighted by atomic mass is 10.1. The molecule has 0 aliphatic heterocycles. The Morgan fingerprint density at radius 1 is 1.38 bits per heavy atom. The number of benzene rings is 1. The highest BCUT2D eigenvalue weighted by atomic mass is 16.4. The Morgan fingerprint density at radius 3 is 2.38 bits per heavy atom. The van der Waals surface area contributed by atoms with Crippen molar-refractivity contribution in [3.05, 3.63) is 35.9 Å². The molecule has 1 aromatic rings. The van der Waals surface area contributed by atoms with Gasteiger partial charge in [0.1, 0.15) is 6.04 Å². The van der Waals surface area contributed by atoms with Crippen molar-refractivity contribution in [2.75, 3.05) is 7.05 Å². The Balaban J connectivity index is 2.70. The second-order valence-corrected chi connectivity index (χ2v) is 3.92. The van der Waals surface area contributed by atoms with E-state index in [-0.39, 0.29) is 0 Å².